The molecule has 90 valence electrons. The molecule has 0 atom stereocenters. The van der Waals surface area contributed by atoms with Crippen molar-refractivity contribution in [2.24, 2.45) is 4.99 Å². The van der Waals surface area contributed by atoms with Gasteiger partial charge in [0.2, 0.25) is 12.3 Å². The topological polar surface area (TPSA) is 61.9 Å². The predicted molar refractivity (Wildman–Crippen MR) is 65.7 cm³/mol. The number of oxazole rings is 1. The Morgan fingerprint density at radius 2 is 2.06 bits per heavy atom. The van der Waals surface area contributed by atoms with Crippen molar-refractivity contribution in [3.63, 3.8) is 0 Å². The summed E-state index contributed by atoms with van der Waals surface area (Å²) in [6.45, 7) is 9.81. The first kappa shape index (κ1) is 11.4. The highest BCUT2D eigenvalue weighted by Gasteiger charge is 2.21. The average molecular weight is 234 g/mol. The fourth-order valence-electron chi connectivity index (χ4n) is 1.71. The molecular weight excluding hydrogens is 220 g/mol. The molecule has 0 radical (unpaired) electrons. The van der Waals surface area contributed by atoms with Gasteiger partial charge in [0.25, 0.3) is 6.01 Å². The molecule has 0 bridgehead atoms. The van der Waals surface area contributed by atoms with Crippen LogP contribution in [0.1, 0.15) is 5.69 Å². The van der Waals surface area contributed by atoms with Crippen LogP contribution in [0.15, 0.2) is 16.0 Å². The normalized spacial score (nSPS) is 15.8. The lowest BCUT2D eigenvalue weighted by Gasteiger charge is -2.31. The standard InChI is InChI=1S/C11H14N4O2/c1-3-9-10(12-2)17-11(13-9)15-6-4-14(8-16)5-7-15/h3,8H,1-2,4-7H2. The number of hydrogen-bond donors (Lipinski definition) is 0. The molecule has 17 heavy (non-hydrogen) atoms. The van der Waals surface area contributed by atoms with Crippen LogP contribution in [0.25, 0.3) is 6.08 Å². The first-order valence-electron chi connectivity index (χ1n) is 5.32. The number of amides is 1. The SMILES string of the molecule is C=Cc1nc(N2CCN(C=O)CC2)oc1N=C. The molecular formula is C11H14N4O2. The van der Waals surface area contributed by atoms with Crippen LogP contribution in [0.5, 0.6) is 0 Å². The Hall–Kier alpha value is -2.11. The van der Waals surface area contributed by atoms with Crippen LogP contribution in [0.3, 0.4) is 0 Å². The van der Waals surface area contributed by atoms with Crippen LogP contribution in [0.2, 0.25) is 0 Å². The molecule has 2 heterocycles. The van der Waals surface area contributed by atoms with E-state index in [9.17, 15) is 4.79 Å². The summed E-state index contributed by atoms with van der Waals surface area (Å²) in [7, 11) is 0. The molecule has 0 aliphatic carbocycles. The Kier molecular flexibility index (Phi) is 3.22. The van der Waals surface area contributed by atoms with Gasteiger partial charge in [0, 0.05) is 26.2 Å². The van der Waals surface area contributed by atoms with E-state index < -0.39 is 0 Å². The number of anilines is 1. The summed E-state index contributed by atoms with van der Waals surface area (Å²) in [4.78, 5) is 22.3. The molecule has 6 heteroatoms. The molecule has 0 unspecified atom stereocenters. The fourth-order valence-corrected chi connectivity index (χ4v) is 1.71. The minimum absolute atomic E-state index is 0.382. The number of aromatic nitrogens is 1. The van der Waals surface area contributed by atoms with Crippen molar-refractivity contribution in [3.8, 4) is 0 Å². The largest absolute Gasteiger partial charge is 0.404 e. The van der Waals surface area contributed by atoms with E-state index in [1.54, 1.807) is 11.0 Å². The summed E-state index contributed by atoms with van der Waals surface area (Å²) < 4.78 is 5.47. The van der Waals surface area contributed by atoms with Crippen molar-refractivity contribution in [3.05, 3.63) is 12.3 Å². The van der Waals surface area contributed by atoms with Crippen molar-refractivity contribution in [1.82, 2.24) is 9.88 Å². The van der Waals surface area contributed by atoms with Gasteiger partial charge < -0.3 is 14.2 Å². The van der Waals surface area contributed by atoms with E-state index in [0.717, 1.165) is 6.41 Å². The second kappa shape index (κ2) is 4.82. The molecule has 2 rings (SSSR count). The zero-order valence-electron chi connectivity index (χ0n) is 9.50. The summed E-state index contributed by atoms with van der Waals surface area (Å²) in [6.07, 6.45) is 2.44. The monoisotopic (exact) mass is 234 g/mol. The van der Waals surface area contributed by atoms with Crippen LogP contribution < -0.4 is 4.90 Å². The zero-order chi connectivity index (χ0) is 12.3. The quantitative estimate of drug-likeness (QED) is 0.574. The maximum atomic E-state index is 10.6. The maximum Gasteiger partial charge on any atom is 0.299 e. The van der Waals surface area contributed by atoms with Gasteiger partial charge >= 0.3 is 0 Å². The van der Waals surface area contributed by atoms with Crippen molar-refractivity contribution in [2.45, 2.75) is 0 Å². The second-order valence-corrected chi connectivity index (χ2v) is 3.68. The van der Waals surface area contributed by atoms with E-state index in [1.165, 1.54) is 0 Å². The van der Waals surface area contributed by atoms with Crippen LogP contribution in [-0.4, -0.2) is 49.2 Å². The molecule has 1 aromatic heterocycles. The van der Waals surface area contributed by atoms with E-state index in [0.29, 0.717) is 43.8 Å². The Bertz CT molecular complexity index is 407. The van der Waals surface area contributed by atoms with Crippen LogP contribution >= 0.6 is 0 Å². The predicted octanol–water partition coefficient (Wildman–Crippen LogP) is 0.928. The Balaban J connectivity index is 2.13. The summed E-state index contributed by atoms with van der Waals surface area (Å²) in [5.41, 5.74) is 0.591. The lowest BCUT2D eigenvalue weighted by Crippen LogP contribution is -2.45. The minimum atomic E-state index is 0.382. The highest BCUT2D eigenvalue weighted by molar-refractivity contribution is 5.59. The summed E-state index contributed by atoms with van der Waals surface area (Å²) >= 11 is 0. The van der Waals surface area contributed by atoms with Gasteiger partial charge in [-0.25, -0.2) is 4.99 Å². The number of nitrogens with zero attached hydrogens (tertiary/aromatic N) is 4. The smallest absolute Gasteiger partial charge is 0.299 e. The third kappa shape index (κ3) is 2.20. The highest BCUT2D eigenvalue weighted by atomic mass is 16.4. The van der Waals surface area contributed by atoms with Gasteiger partial charge in [-0.2, -0.15) is 4.98 Å². The number of aliphatic imine (C=N–C) groups is 1. The third-order valence-corrected chi connectivity index (χ3v) is 2.69. The van der Waals surface area contributed by atoms with Crippen molar-refractivity contribution < 1.29 is 9.21 Å². The van der Waals surface area contributed by atoms with E-state index in [4.69, 9.17) is 4.42 Å². The lowest BCUT2D eigenvalue weighted by molar-refractivity contribution is -0.118. The molecule has 1 saturated heterocycles. The number of carbonyl (C=O) groups excluding carboxylic acids is 1. The first-order chi connectivity index (χ1) is 8.28. The van der Waals surface area contributed by atoms with Crippen LogP contribution in [0, 0.1) is 0 Å². The summed E-state index contributed by atoms with van der Waals surface area (Å²) in [6, 6.07) is 0.507. The molecule has 1 fully saturated rings. The fraction of sp³-hybridized carbons (Fsp3) is 0.364. The molecule has 0 aromatic carbocycles. The molecule has 0 spiro atoms. The Morgan fingerprint density at radius 1 is 1.35 bits per heavy atom. The average Bonchev–Trinajstić information content (AvgIpc) is 2.82. The van der Waals surface area contributed by atoms with Gasteiger partial charge in [0.05, 0.1) is 0 Å². The molecule has 1 amide bonds. The molecule has 1 aromatic rings. The van der Waals surface area contributed by atoms with E-state index in [2.05, 4.69) is 23.3 Å². The molecule has 0 saturated carbocycles. The van der Waals surface area contributed by atoms with Gasteiger partial charge in [-0.15, -0.1) is 0 Å². The van der Waals surface area contributed by atoms with Crippen molar-refractivity contribution in [1.29, 1.82) is 0 Å². The Morgan fingerprint density at radius 3 is 2.53 bits per heavy atom. The molecule has 1 aliphatic rings. The van der Waals surface area contributed by atoms with Gasteiger partial charge in [-0.3, -0.25) is 4.79 Å². The summed E-state index contributed by atoms with van der Waals surface area (Å²) in [5, 5.41) is 0. The van der Waals surface area contributed by atoms with Gasteiger partial charge in [0.1, 0.15) is 5.69 Å². The van der Waals surface area contributed by atoms with Gasteiger partial charge in [-0.05, 0) is 12.8 Å². The molecule has 0 N–H and O–H groups in total. The van der Waals surface area contributed by atoms with Gasteiger partial charge in [0.15, 0.2) is 0 Å². The van der Waals surface area contributed by atoms with E-state index >= 15 is 0 Å². The van der Waals surface area contributed by atoms with Crippen LogP contribution in [0.4, 0.5) is 11.9 Å². The van der Waals surface area contributed by atoms with E-state index in [1.807, 2.05) is 4.90 Å². The minimum Gasteiger partial charge on any atom is -0.404 e. The third-order valence-electron chi connectivity index (χ3n) is 2.69. The number of carbonyl (C=O) groups is 1. The number of piperazine rings is 1. The number of rotatable bonds is 4. The van der Waals surface area contributed by atoms with E-state index in [-0.39, 0.29) is 0 Å². The highest BCUT2D eigenvalue weighted by Crippen LogP contribution is 2.26. The van der Waals surface area contributed by atoms with Crippen LogP contribution in [-0.2, 0) is 4.79 Å². The summed E-state index contributed by atoms with van der Waals surface area (Å²) in [5.74, 6) is 0.382. The Labute approximate surface area is 99.2 Å². The van der Waals surface area contributed by atoms with Crippen molar-refractivity contribution in [2.75, 3.05) is 31.1 Å². The maximum absolute atomic E-state index is 10.6. The molecule has 6 nitrogen and oxygen atoms in total. The second-order valence-electron chi connectivity index (χ2n) is 3.68. The molecule has 1 aliphatic heterocycles. The zero-order valence-corrected chi connectivity index (χ0v) is 9.50. The lowest BCUT2D eigenvalue weighted by atomic mass is 10.3. The number of hydrogen-bond acceptors (Lipinski definition) is 5. The van der Waals surface area contributed by atoms with Gasteiger partial charge in [-0.1, -0.05) is 6.58 Å². The van der Waals surface area contributed by atoms with Crippen molar-refractivity contribution >= 4 is 31.1 Å². The first-order valence-corrected chi connectivity index (χ1v) is 5.32.